The molecule has 6 heteroatoms. The Morgan fingerprint density at radius 2 is 1.92 bits per heavy atom. The fourth-order valence-corrected chi connectivity index (χ4v) is 2.73. The summed E-state index contributed by atoms with van der Waals surface area (Å²) in [5.41, 5.74) is 1.28. The summed E-state index contributed by atoms with van der Waals surface area (Å²) >= 11 is 1.57. The van der Waals surface area contributed by atoms with Crippen LogP contribution in [0.25, 0.3) is 0 Å². The van der Waals surface area contributed by atoms with Crippen LogP contribution in [0.1, 0.15) is 31.9 Å². The van der Waals surface area contributed by atoms with Crippen molar-refractivity contribution in [3.05, 3.63) is 57.6 Å². The van der Waals surface area contributed by atoms with E-state index in [0.29, 0.717) is 5.56 Å². The third-order valence-electron chi connectivity index (χ3n) is 3.61. The van der Waals surface area contributed by atoms with Crippen LogP contribution < -0.4 is 0 Å². The van der Waals surface area contributed by atoms with Crippen molar-refractivity contribution in [2.75, 3.05) is 6.26 Å². The molecular formula is C18H20N2O3S. The van der Waals surface area contributed by atoms with E-state index < -0.39 is 4.92 Å². The molecule has 0 spiro atoms. The van der Waals surface area contributed by atoms with Crippen molar-refractivity contribution in [2.45, 2.75) is 31.1 Å². The summed E-state index contributed by atoms with van der Waals surface area (Å²) in [5.74, 6) is -0.363. The number of hydrogen-bond acceptors (Lipinski definition) is 5. The first-order chi connectivity index (χ1) is 11.2. The number of nitrogens with zero attached hydrogens (tertiary/aromatic N) is 2. The van der Waals surface area contributed by atoms with Gasteiger partial charge in [-0.25, -0.2) is 0 Å². The van der Waals surface area contributed by atoms with Crippen LogP contribution in [0.4, 0.5) is 11.4 Å². The van der Waals surface area contributed by atoms with Gasteiger partial charge in [0.15, 0.2) is 0 Å². The fraction of sp³-hybridized carbons (Fsp3) is 0.278. The second-order valence-electron chi connectivity index (χ2n) is 6.37. The number of para-hydroxylation sites is 1. The van der Waals surface area contributed by atoms with Gasteiger partial charge in [-0.15, -0.1) is 11.8 Å². The van der Waals surface area contributed by atoms with Crippen molar-refractivity contribution in [2.24, 2.45) is 4.99 Å². The lowest BCUT2D eigenvalue weighted by molar-refractivity contribution is -0.386. The van der Waals surface area contributed by atoms with Gasteiger partial charge in [0.25, 0.3) is 0 Å². The monoisotopic (exact) mass is 344 g/mol. The Kier molecular flexibility index (Phi) is 5.29. The van der Waals surface area contributed by atoms with Crippen LogP contribution in [-0.2, 0) is 5.41 Å². The largest absolute Gasteiger partial charge is 0.502 e. The van der Waals surface area contributed by atoms with Crippen LogP contribution in [0.15, 0.2) is 46.3 Å². The Morgan fingerprint density at radius 1 is 1.25 bits per heavy atom. The Bertz CT molecular complexity index is 795. The molecular weight excluding hydrogens is 324 g/mol. The molecule has 0 aliphatic heterocycles. The van der Waals surface area contributed by atoms with E-state index in [2.05, 4.69) is 4.99 Å². The lowest BCUT2D eigenvalue weighted by atomic mass is 9.85. The molecule has 0 aliphatic carbocycles. The number of hydrogen-bond donors (Lipinski definition) is 1. The quantitative estimate of drug-likeness (QED) is 0.363. The predicted molar refractivity (Wildman–Crippen MR) is 98.9 cm³/mol. The highest BCUT2D eigenvalue weighted by Crippen LogP contribution is 2.35. The normalized spacial score (nSPS) is 11.8. The maximum atomic E-state index is 11.2. The molecule has 0 aromatic heterocycles. The number of nitro groups is 1. The molecule has 24 heavy (non-hydrogen) atoms. The smallest absolute Gasteiger partial charge is 0.311 e. The SMILES string of the molecule is CSc1ccccc1N=Cc1cc(C(C)(C)C)cc([N+](=O)[O-])c1O. The van der Waals surface area contributed by atoms with Crippen molar-refractivity contribution < 1.29 is 10.0 Å². The zero-order chi connectivity index (χ0) is 17.9. The highest BCUT2D eigenvalue weighted by molar-refractivity contribution is 7.98. The molecule has 5 nitrogen and oxygen atoms in total. The summed E-state index contributed by atoms with van der Waals surface area (Å²) in [5, 5.41) is 21.4. The van der Waals surface area contributed by atoms with Crippen molar-refractivity contribution in [1.82, 2.24) is 0 Å². The summed E-state index contributed by atoms with van der Waals surface area (Å²) in [7, 11) is 0. The summed E-state index contributed by atoms with van der Waals surface area (Å²) in [4.78, 5) is 16.1. The van der Waals surface area contributed by atoms with E-state index in [-0.39, 0.29) is 16.9 Å². The Balaban J connectivity index is 2.55. The van der Waals surface area contributed by atoms with Gasteiger partial charge in [-0.05, 0) is 35.4 Å². The molecule has 1 N–H and O–H groups in total. The van der Waals surface area contributed by atoms with Gasteiger partial charge in [-0.2, -0.15) is 0 Å². The van der Waals surface area contributed by atoms with Gasteiger partial charge >= 0.3 is 5.69 Å². The molecule has 2 rings (SSSR count). The molecule has 2 aromatic rings. The predicted octanol–water partition coefficient (Wildman–Crippen LogP) is 5.07. The Hall–Kier alpha value is -2.34. The van der Waals surface area contributed by atoms with Gasteiger partial charge in [-0.1, -0.05) is 32.9 Å². The molecule has 0 heterocycles. The first kappa shape index (κ1) is 18.0. The fourth-order valence-electron chi connectivity index (χ4n) is 2.19. The van der Waals surface area contributed by atoms with Crippen LogP contribution in [-0.4, -0.2) is 22.5 Å². The Morgan fingerprint density at radius 3 is 2.50 bits per heavy atom. The number of phenolic OH excluding ortho intramolecular Hbond substituents is 1. The first-order valence-electron chi connectivity index (χ1n) is 7.43. The van der Waals surface area contributed by atoms with Crippen LogP contribution >= 0.6 is 11.8 Å². The summed E-state index contributed by atoms with van der Waals surface area (Å²) < 4.78 is 0. The van der Waals surface area contributed by atoms with Crippen molar-refractivity contribution >= 4 is 29.4 Å². The van der Waals surface area contributed by atoms with Crippen LogP contribution in [0, 0.1) is 10.1 Å². The molecule has 0 bridgehead atoms. The highest BCUT2D eigenvalue weighted by Gasteiger charge is 2.23. The van der Waals surface area contributed by atoms with Gasteiger partial charge in [0.2, 0.25) is 5.75 Å². The van der Waals surface area contributed by atoms with E-state index >= 15 is 0 Å². The number of phenols is 1. The molecule has 2 aromatic carbocycles. The first-order valence-corrected chi connectivity index (χ1v) is 8.65. The number of aromatic hydroxyl groups is 1. The molecule has 0 atom stereocenters. The van der Waals surface area contributed by atoms with Crippen molar-refractivity contribution in [3.63, 3.8) is 0 Å². The molecule has 0 saturated carbocycles. The van der Waals surface area contributed by atoms with Crippen LogP contribution in [0.5, 0.6) is 5.75 Å². The molecule has 0 unspecified atom stereocenters. The van der Waals surface area contributed by atoms with Crippen LogP contribution in [0.2, 0.25) is 0 Å². The zero-order valence-electron chi connectivity index (χ0n) is 14.1. The third-order valence-corrected chi connectivity index (χ3v) is 4.39. The van der Waals surface area contributed by atoms with E-state index in [1.54, 1.807) is 17.8 Å². The molecule has 126 valence electrons. The van der Waals surface area contributed by atoms with E-state index in [0.717, 1.165) is 16.1 Å². The van der Waals surface area contributed by atoms with E-state index in [1.807, 2.05) is 51.3 Å². The van der Waals surface area contributed by atoms with Crippen molar-refractivity contribution in [3.8, 4) is 5.75 Å². The molecule has 0 fully saturated rings. The maximum Gasteiger partial charge on any atom is 0.311 e. The lowest BCUT2D eigenvalue weighted by Gasteiger charge is -2.19. The molecule has 0 radical (unpaired) electrons. The molecule has 0 amide bonds. The number of thioether (sulfide) groups is 1. The second kappa shape index (κ2) is 7.05. The minimum absolute atomic E-state index is 0.280. The van der Waals surface area contributed by atoms with Gasteiger partial charge < -0.3 is 5.11 Å². The number of nitro benzene ring substituents is 1. The van der Waals surface area contributed by atoms with E-state index in [4.69, 9.17) is 0 Å². The average Bonchev–Trinajstić information content (AvgIpc) is 2.52. The lowest BCUT2D eigenvalue weighted by Crippen LogP contribution is -2.12. The minimum atomic E-state index is -0.572. The van der Waals surface area contributed by atoms with Gasteiger partial charge in [0, 0.05) is 22.7 Å². The zero-order valence-corrected chi connectivity index (χ0v) is 14.9. The number of rotatable bonds is 4. The molecule has 0 aliphatic rings. The average molecular weight is 344 g/mol. The van der Waals surface area contributed by atoms with Gasteiger partial charge in [-0.3, -0.25) is 15.1 Å². The summed E-state index contributed by atoms with van der Waals surface area (Å²) in [6.45, 7) is 5.90. The standard InChI is InChI=1S/C18H20N2O3S/c1-18(2,3)13-9-12(17(21)15(10-13)20(22)23)11-19-14-7-5-6-8-16(14)24-4/h5-11,21H,1-4H3. The molecule has 0 saturated heterocycles. The van der Waals surface area contributed by atoms with Gasteiger partial charge in [0.05, 0.1) is 10.6 Å². The summed E-state index contributed by atoms with van der Waals surface area (Å²) in [6.07, 6.45) is 3.43. The van der Waals surface area contributed by atoms with Crippen molar-refractivity contribution in [1.29, 1.82) is 0 Å². The topological polar surface area (TPSA) is 75.7 Å². The third kappa shape index (κ3) is 3.94. The maximum absolute atomic E-state index is 11.2. The number of aliphatic imine (C=N–C) groups is 1. The second-order valence-corrected chi connectivity index (χ2v) is 7.22. The van der Waals surface area contributed by atoms with E-state index in [9.17, 15) is 15.2 Å². The summed E-state index contributed by atoms with van der Waals surface area (Å²) in [6, 6.07) is 10.8. The van der Waals surface area contributed by atoms with Crippen LogP contribution in [0.3, 0.4) is 0 Å². The Labute approximate surface area is 145 Å². The van der Waals surface area contributed by atoms with Gasteiger partial charge in [0.1, 0.15) is 0 Å². The minimum Gasteiger partial charge on any atom is -0.502 e. The highest BCUT2D eigenvalue weighted by atomic mass is 32.2. The van der Waals surface area contributed by atoms with E-state index in [1.165, 1.54) is 12.3 Å². The number of benzene rings is 2.